The largest absolute Gasteiger partial charge is 0.385 e. The van der Waals surface area contributed by atoms with Crippen LogP contribution in [0.25, 0.3) is 22.7 Å². The van der Waals surface area contributed by atoms with Crippen LogP contribution in [0.15, 0.2) is 89.7 Å². The first-order valence-electron chi connectivity index (χ1n) is 12.1. The lowest BCUT2D eigenvalue weighted by Crippen LogP contribution is -2.37. The van der Waals surface area contributed by atoms with Gasteiger partial charge in [0.2, 0.25) is 5.91 Å². The molecule has 1 amide bonds. The number of fused-ring (bicyclic) bond motifs is 1. The third-order valence-electron chi connectivity index (χ3n) is 6.18. The van der Waals surface area contributed by atoms with Gasteiger partial charge in [-0.05, 0) is 56.2 Å². The van der Waals surface area contributed by atoms with E-state index in [-0.39, 0.29) is 11.5 Å². The summed E-state index contributed by atoms with van der Waals surface area (Å²) in [5.41, 5.74) is 3.20. The van der Waals surface area contributed by atoms with E-state index in [0.717, 1.165) is 16.8 Å². The smallest absolute Gasteiger partial charge is 0.266 e. The van der Waals surface area contributed by atoms with Crippen LogP contribution in [0.4, 0.5) is 0 Å². The van der Waals surface area contributed by atoms with Gasteiger partial charge in [0, 0.05) is 26.3 Å². The van der Waals surface area contributed by atoms with Crippen LogP contribution >= 0.6 is 0 Å². The Morgan fingerprint density at radius 2 is 1.72 bits per heavy atom. The number of carbonyl (C=O) groups excluding carboxylic acids is 1. The molecule has 1 heterocycles. The Kier molecular flexibility index (Phi) is 8.08. The van der Waals surface area contributed by atoms with E-state index < -0.39 is 6.04 Å². The molecule has 0 radical (unpaired) electrons. The molecule has 4 aromatic rings. The summed E-state index contributed by atoms with van der Waals surface area (Å²) in [4.78, 5) is 33.8. The number of hydrogen-bond acceptors (Lipinski definition) is 4. The number of carbonyl (C=O) groups is 1. The van der Waals surface area contributed by atoms with Gasteiger partial charge in [0.25, 0.3) is 5.56 Å². The second-order valence-electron chi connectivity index (χ2n) is 8.76. The fraction of sp³-hybridized carbons (Fsp3) is 0.233. The molecule has 0 saturated heterocycles. The number of para-hydroxylation sites is 1. The number of benzene rings is 3. The molecule has 4 rings (SSSR count). The molecule has 0 fully saturated rings. The van der Waals surface area contributed by atoms with Crippen molar-refractivity contribution in [3.63, 3.8) is 0 Å². The zero-order valence-electron chi connectivity index (χ0n) is 20.9. The lowest BCUT2D eigenvalue weighted by molar-refractivity contribution is -0.128. The van der Waals surface area contributed by atoms with Gasteiger partial charge >= 0.3 is 0 Å². The standard InChI is InChI=1S/C30H31N3O3/c1-22-14-17-25(18-15-22)33-29(31-27-13-8-7-12-26(27)30(33)35)23(2)32(20-9-21-36-3)28(34)19-16-24-10-5-4-6-11-24/h4-8,10-19,23H,9,20-21H2,1-3H3/b19-16+. The predicted molar refractivity (Wildman–Crippen MR) is 144 cm³/mol. The van der Waals surface area contributed by atoms with E-state index >= 15 is 0 Å². The average molecular weight is 482 g/mol. The third kappa shape index (κ3) is 5.61. The Balaban J connectivity index is 1.80. The molecule has 6 heteroatoms. The van der Waals surface area contributed by atoms with Crippen LogP contribution < -0.4 is 5.56 Å². The maximum absolute atomic E-state index is 13.7. The fourth-order valence-electron chi connectivity index (χ4n) is 4.21. The molecule has 0 saturated carbocycles. The van der Waals surface area contributed by atoms with Gasteiger partial charge < -0.3 is 9.64 Å². The molecule has 184 valence electrons. The maximum Gasteiger partial charge on any atom is 0.266 e. The zero-order valence-corrected chi connectivity index (χ0v) is 20.9. The number of aromatic nitrogens is 2. The predicted octanol–water partition coefficient (Wildman–Crippen LogP) is 5.33. The van der Waals surface area contributed by atoms with Crippen molar-refractivity contribution in [3.05, 3.63) is 112 Å². The van der Waals surface area contributed by atoms with E-state index in [2.05, 4.69) is 0 Å². The average Bonchev–Trinajstić information content (AvgIpc) is 2.91. The lowest BCUT2D eigenvalue weighted by atomic mass is 10.1. The second-order valence-corrected chi connectivity index (χ2v) is 8.76. The highest BCUT2D eigenvalue weighted by molar-refractivity contribution is 5.92. The molecule has 1 aromatic heterocycles. The number of rotatable bonds is 9. The molecule has 6 nitrogen and oxygen atoms in total. The van der Waals surface area contributed by atoms with Crippen LogP contribution in [0.3, 0.4) is 0 Å². The Morgan fingerprint density at radius 3 is 2.44 bits per heavy atom. The summed E-state index contributed by atoms with van der Waals surface area (Å²) in [5, 5.41) is 0.537. The summed E-state index contributed by atoms with van der Waals surface area (Å²) in [7, 11) is 1.64. The first-order valence-corrected chi connectivity index (χ1v) is 12.1. The van der Waals surface area contributed by atoms with E-state index in [1.54, 1.807) is 34.8 Å². The van der Waals surface area contributed by atoms with Crippen molar-refractivity contribution < 1.29 is 9.53 Å². The number of nitrogens with zero attached hydrogens (tertiary/aromatic N) is 3. The first-order chi connectivity index (χ1) is 17.5. The number of aryl methyl sites for hydroxylation is 1. The van der Waals surface area contributed by atoms with Gasteiger partial charge in [-0.2, -0.15) is 0 Å². The lowest BCUT2D eigenvalue weighted by Gasteiger charge is -2.30. The number of ether oxygens (including phenoxy) is 1. The number of hydrogen-bond donors (Lipinski definition) is 0. The van der Waals surface area contributed by atoms with Gasteiger partial charge in [0.05, 0.1) is 22.6 Å². The normalized spacial score (nSPS) is 12.2. The molecule has 0 N–H and O–H groups in total. The minimum atomic E-state index is -0.464. The highest BCUT2D eigenvalue weighted by Crippen LogP contribution is 2.24. The van der Waals surface area contributed by atoms with Gasteiger partial charge in [-0.3, -0.25) is 14.2 Å². The van der Waals surface area contributed by atoms with Gasteiger partial charge in [0.15, 0.2) is 0 Å². The molecule has 3 aromatic carbocycles. The van der Waals surface area contributed by atoms with Crippen LogP contribution in [0, 0.1) is 6.92 Å². The minimum Gasteiger partial charge on any atom is -0.385 e. The van der Waals surface area contributed by atoms with Crippen molar-refractivity contribution in [3.8, 4) is 5.69 Å². The van der Waals surface area contributed by atoms with Crippen LogP contribution in [-0.4, -0.2) is 40.6 Å². The fourth-order valence-corrected chi connectivity index (χ4v) is 4.21. The molecule has 0 bridgehead atoms. The summed E-state index contributed by atoms with van der Waals surface area (Å²) >= 11 is 0. The quantitative estimate of drug-likeness (QED) is 0.239. The molecule has 1 unspecified atom stereocenters. The maximum atomic E-state index is 13.7. The third-order valence-corrected chi connectivity index (χ3v) is 6.18. The molecular formula is C30H31N3O3. The summed E-state index contributed by atoms with van der Waals surface area (Å²) in [6, 6.07) is 24.3. The topological polar surface area (TPSA) is 64.4 Å². The summed E-state index contributed by atoms with van der Waals surface area (Å²) in [6.07, 6.45) is 4.04. The van der Waals surface area contributed by atoms with E-state index in [4.69, 9.17) is 9.72 Å². The van der Waals surface area contributed by atoms with Crippen molar-refractivity contribution in [1.82, 2.24) is 14.5 Å². The molecular weight excluding hydrogens is 450 g/mol. The molecule has 0 aliphatic rings. The summed E-state index contributed by atoms with van der Waals surface area (Å²) < 4.78 is 6.87. The SMILES string of the molecule is COCCCN(C(=O)/C=C/c1ccccc1)C(C)c1nc2ccccc2c(=O)n1-c1ccc(C)cc1. The highest BCUT2D eigenvalue weighted by atomic mass is 16.5. The second kappa shape index (κ2) is 11.6. The van der Waals surface area contributed by atoms with Gasteiger partial charge in [-0.25, -0.2) is 4.98 Å². The van der Waals surface area contributed by atoms with Crippen molar-refractivity contribution in [2.45, 2.75) is 26.3 Å². The van der Waals surface area contributed by atoms with Crippen molar-refractivity contribution in [1.29, 1.82) is 0 Å². The Morgan fingerprint density at radius 1 is 1.03 bits per heavy atom. The van der Waals surface area contributed by atoms with E-state index in [1.807, 2.05) is 86.6 Å². The minimum absolute atomic E-state index is 0.152. The monoisotopic (exact) mass is 481 g/mol. The highest BCUT2D eigenvalue weighted by Gasteiger charge is 2.25. The molecule has 1 atom stereocenters. The molecule has 0 spiro atoms. The van der Waals surface area contributed by atoms with E-state index in [9.17, 15) is 9.59 Å². The van der Waals surface area contributed by atoms with Gasteiger partial charge in [-0.15, -0.1) is 0 Å². The number of methoxy groups -OCH3 is 1. The molecule has 0 aliphatic carbocycles. The zero-order chi connectivity index (χ0) is 25.5. The molecule has 0 aliphatic heterocycles. The van der Waals surface area contributed by atoms with Crippen molar-refractivity contribution in [2.24, 2.45) is 0 Å². The van der Waals surface area contributed by atoms with Gasteiger partial charge in [0.1, 0.15) is 5.82 Å². The Bertz CT molecular complexity index is 1410. The Labute approximate surface area is 211 Å². The Hall–Kier alpha value is -4.03. The van der Waals surface area contributed by atoms with Crippen LogP contribution in [0.2, 0.25) is 0 Å². The van der Waals surface area contributed by atoms with Crippen LogP contribution in [0.1, 0.15) is 36.3 Å². The van der Waals surface area contributed by atoms with Crippen LogP contribution in [0.5, 0.6) is 0 Å². The van der Waals surface area contributed by atoms with Crippen molar-refractivity contribution >= 4 is 22.9 Å². The van der Waals surface area contributed by atoms with Gasteiger partial charge in [-0.1, -0.05) is 60.2 Å². The number of amides is 1. The van der Waals surface area contributed by atoms with Crippen molar-refractivity contribution in [2.75, 3.05) is 20.3 Å². The molecule has 36 heavy (non-hydrogen) atoms. The van der Waals surface area contributed by atoms with E-state index in [1.165, 1.54) is 0 Å². The first kappa shape index (κ1) is 25.1. The van der Waals surface area contributed by atoms with Crippen LogP contribution in [-0.2, 0) is 9.53 Å². The summed E-state index contributed by atoms with van der Waals surface area (Å²) in [5.74, 6) is 0.363. The van der Waals surface area contributed by atoms with E-state index in [0.29, 0.717) is 36.3 Å². The summed E-state index contributed by atoms with van der Waals surface area (Å²) in [6.45, 7) is 4.91.